The summed E-state index contributed by atoms with van der Waals surface area (Å²) in [6.07, 6.45) is 1.78. The summed E-state index contributed by atoms with van der Waals surface area (Å²) in [4.78, 5) is 14.0. The van der Waals surface area contributed by atoms with Crippen LogP contribution in [0, 0.1) is 0 Å². The highest BCUT2D eigenvalue weighted by molar-refractivity contribution is 5.84. The molecule has 0 bridgehead atoms. The van der Waals surface area contributed by atoms with Crippen LogP contribution in [0.2, 0.25) is 0 Å². The molecular formula is C24H29N7O. The smallest absolute Gasteiger partial charge is 0.227 e. The molecule has 2 heterocycles. The number of hydrogen-bond acceptors (Lipinski definition) is 7. The van der Waals surface area contributed by atoms with Crippen LogP contribution in [0.15, 0.2) is 60.9 Å². The summed E-state index contributed by atoms with van der Waals surface area (Å²) >= 11 is 0. The van der Waals surface area contributed by atoms with Crippen molar-refractivity contribution in [2.45, 2.75) is 45.5 Å². The SMILES string of the molecule is CC(Nc1nc(NCc2ccccc2N)c2ncn(Cc3ccccc3)c2n1)C(C)(C)O. The van der Waals surface area contributed by atoms with E-state index in [0.717, 1.165) is 11.1 Å². The van der Waals surface area contributed by atoms with Crippen LogP contribution in [0.25, 0.3) is 11.2 Å². The fraction of sp³-hybridized carbons (Fsp3) is 0.292. The first-order valence-electron chi connectivity index (χ1n) is 10.6. The molecule has 0 radical (unpaired) electrons. The van der Waals surface area contributed by atoms with Gasteiger partial charge in [0, 0.05) is 12.2 Å². The lowest BCUT2D eigenvalue weighted by Crippen LogP contribution is -2.39. The molecule has 5 N–H and O–H groups in total. The van der Waals surface area contributed by atoms with E-state index < -0.39 is 5.60 Å². The van der Waals surface area contributed by atoms with E-state index in [9.17, 15) is 5.11 Å². The van der Waals surface area contributed by atoms with Gasteiger partial charge in [0.2, 0.25) is 5.95 Å². The van der Waals surface area contributed by atoms with Gasteiger partial charge in [0.05, 0.1) is 24.5 Å². The van der Waals surface area contributed by atoms with Gasteiger partial charge in [-0.05, 0) is 38.0 Å². The molecule has 0 fully saturated rings. The Balaban J connectivity index is 1.70. The minimum absolute atomic E-state index is 0.261. The summed E-state index contributed by atoms with van der Waals surface area (Å²) in [6, 6.07) is 17.6. The number of rotatable bonds is 8. The second kappa shape index (κ2) is 8.84. The molecule has 2 aromatic carbocycles. The quantitative estimate of drug-likeness (QED) is 0.315. The molecule has 1 atom stereocenters. The third-order valence-electron chi connectivity index (χ3n) is 5.57. The van der Waals surface area contributed by atoms with Gasteiger partial charge in [-0.1, -0.05) is 48.5 Å². The third kappa shape index (κ3) is 4.81. The summed E-state index contributed by atoms with van der Waals surface area (Å²) in [5.41, 5.74) is 9.39. The lowest BCUT2D eigenvalue weighted by atomic mass is 10.0. The Morgan fingerprint density at radius 2 is 1.78 bits per heavy atom. The van der Waals surface area contributed by atoms with Gasteiger partial charge >= 0.3 is 0 Å². The highest BCUT2D eigenvalue weighted by atomic mass is 16.3. The zero-order chi connectivity index (χ0) is 22.7. The molecule has 0 amide bonds. The van der Waals surface area contributed by atoms with E-state index in [-0.39, 0.29) is 6.04 Å². The van der Waals surface area contributed by atoms with E-state index in [1.807, 2.05) is 54.0 Å². The van der Waals surface area contributed by atoms with Crippen LogP contribution in [-0.4, -0.2) is 36.3 Å². The third-order valence-corrected chi connectivity index (χ3v) is 5.57. The molecule has 0 saturated carbocycles. The first kappa shape index (κ1) is 21.6. The normalized spacial score (nSPS) is 12.6. The predicted octanol–water partition coefficient (Wildman–Crippen LogP) is 3.64. The van der Waals surface area contributed by atoms with Crippen molar-refractivity contribution in [2.24, 2.45) is 0 Å². The van der Waals surface area contributed by atoms with E-state index in [1.165, 1.54) is 0 Å². The number of nitrogens with two attached hydrogens (primary N) is 1. The van der Waals surface area contributed by atoms with Gasteiger partial charge in [-0.25, -0.2) is 4.98 Å². The first-order valence-corrected chi connectivity index (χ1v) is 10.6. The molecular weight excluding hydrogens is 402 g/mol. The number of benzene rings is 2. The predicted molar refractivity (Wildman–Crippen MR) is 128 cm³/mol. The van der Waals surface area contributed by atoms with Gasteiger partial charge in [-0.15, -0.1) is 0 Å². The van der Waals surface area contributed by atoms with Crippen molar-refractivity contribution in [1.29, 1.82) is 0 Å². The van der Waals surface area contributed by atoms with Crippen LogP contribution in [0.3, 0.4) is 0 Å². The number of para-hydroxylation sites is 1. The van der Waals surface area contributed by atoms with E-state index in [4.69, 9.17) is 10.7 Å². The monoisotopic (exact) mass is 431 g/mol. The number of nitrogen functional groups attached to an aromatic ring is 1. The number of aromatic nitrogens is 4. The molecule has 2 aromatic heterocycles. The molecule has 0 aliphatic heterocycles. The Bertz CT molecular complexity index is 1200. The van der Waals surface area contributed by atoms with Gasteiger partial charge in [0.15, 0.2) is 17.0 Å². The number of anilines is 3. The number of nitrogens with zero attached hydrogens (tertiary/aromatic N) is 4. The summed E-state index contributed by atoms with van der Waals surface area (Å²) < 4.78 is 1.99. The van der Waals surface area contributed by atoms with Crippen LogP contribution in [0.1, 0.15) is 31.9 Å². The summed E-state index contributed by atoms with van der Waals surface area (Å²) in [5.74, 6) is 1.03. The molecule has 0 aliphatic rings. The Kier molecular flexibility index (Phi) is 5.96. The van der Waals surface area contributed by atoms with Crippen molar-refractivity contribution < 1.29 is 5.11 Å². The molecule has 166 valence electrons. The lowest BCUT2D eigenvalue weighted by molar-refractivity contribution is 0.0646. The van der Waals surface area contributed by atoms with Gasteiger partial charge < -0.3 is 26.0 Å². The number of hydrogen-bond donors (Lipinski definition) is 4. The van der Waals surface area contributed by atoms with Crippen molar-refractivity contribution >= 4 is 28.6 Å². The molecule has 4 rings (SSSR count). The van der Waals surface area contributed by atoms with Gasteiger partial charge in [0.1, 0.15) is 0 Å². The van der Waals surface area contributed by atoms with Crippen molar-refractivity contribution in [3.63, 3.8) is 0 Å². The number of aliphatic hydroxyl groups is 1. The van der Waals surface area contributed by atoms with E-state index in [0.29, 0.717) is 41.7 Å². The summed E-state index contributed by atoms with van der Waals surface area (Å²) in [5, 5.41) is 16.9. The Morgan fingerprint density at radius 3 is 2.50 bits per heavy atom. The fourth-order valence-corrected chi connectivity index (χ4v) is 3.27. The molecule has 1 unspecified atom stereocenters. The average Bonchev–Trinajstić information content (AvgIpc) is 3.16. The Morgan fingerprint density at radius 1 is 1.06 bits per heavy atom. The van der Waals surface area contributed by atoms with E-state index in [2.05, 4.69) is 32.7 Å². The Labute approximate surface area is 187 Å². The largest absolute Gasteiger partial charge is 0.398 e. The standard InChI is InChI=1S/C24H29N7O/c1-16(24(2,3)32)28-23-29-21(26-13-18-11-7-8-12-19(18)25)20-22(30-23)31(15-27-20)14-17-9-5-4-6-10-17/h4-12,15-16,32H,13-14,25H2,1-3H3,(H2,26,28,29,30). The molecule has 8 nitrogen and oxygen atoms in total. The number of fused-ring (bicyclic) bond motifs is 1. The van der Waals surface area contributed by atoms with Crippen LogP contribution >= 0.6 is 0 Å². The fourth-order valence-electron chi connectivity index (χ4n) is 3.27. The number of imidazole rings is 1. The average molecular weight is 432 g/mol. The maximum Gasteiger partial charge on any atom is 0.227 e. The van der Waals surface area contributed by atoms with Crippen molar-refractivity contribution in [2.75, 3.05) is 16.4 Å². The second-order valence-electron chi connectivity index (χ2n) is 8.50. The van der Waals surface area contributed by atoms with Crippen LogP contribution in [0.5, 0.6) is 0 Å². The minimum atomic E-state index is -0.936. The maximum absolute atomic E-state index is 10.4. The van der Waals surface area contributed by atoms with Crippen molar-refractivity contribution in [3.05, 3.63) is 72.1 Å². The first-order chi connectivity index (χ1) is 15.3. The highest BCUT2D eigenvalue weighted by Crippen LogP contribution is 2.24. The summed E-state index contributed by atoms with van der Waals surface area (Å²) in [7, 11) is 0. The molecule has 8 heteroatoms. The lowest BCUT2D eigenvalue weighted by Gasteiger charge is -2.26. The van der Waals surface area contributed by atoms with Gasteiger partial charge in [-0.3, -0.25) is 0 Å². The zero-order valence-corrected chi connectivity index (χ0v) is 18.6. The van der Waals surface area contributed by atoms with Gasteiger partial charge in [-0.2, -0.15) is 9.97 Å². The number of nitrogens with one attached hydrogen (secondary N) is 2. The van der Waals surface area contributed by atoms with Crippen LogP contribution in [0.4, 0.5) is 17.5 Å². The maximum atomic E-state index is 10.4. The molecule has 0 saturated heterocycles. The molecule has 4 aromatic rings. The molecule has 0 spiro atoms. The van der Waals surface area contributed by atoms with Crippen molar-refractivity contribution in [1.82, 2.24) is 19.5 Å². The minimum Gasteiger partial charge on any atom is -0.398 e. The zero-order valence-electron chi connectivity index (χ0n) is 18.6. The molecule has 0 aliphatic carbocycles. The highest BCUT2D eigenvalue weighted by Gasteiger charge is 2.24. The van der Waals surface area contributed by atoms with Gasteiger partial charge in [0.25, 0.3) is 0 Å². The Hall–Kier alpha value is -3.65. The van der Waals surface area contributed by atoms with E-state index >= 15 is 0 Å². The second-order valence-corrected chi connectivity index (χ2v) is 8.50. The molecule has 32 heavy (non-hydrogen) atoms. The summed E-state index contributed by atoms with van der Waals surface area (Å²) in [6.45, 7) is 6.54. The van der Waals surface area contributed by atoms with Crippen LogP contribution < -0.4 is 16.4 Å². The van der Waals surface area contributed by atoms with E-state index in [1.54, 1.807) is 20.2 Å². The van der Waals surface area contributed by atoms with Crippen LogP contribution in [-0.2, 0) is 13.1 Å². The van der Waals surface area contributed by atoms with Crippen molar-refractivity contribution in [3.8, 4) is 0 Å². The topological polar surface area (TPSA) is 114 Å².